The summed E-state index contributed by atoms with van der Waals surface area (Å²) in [6.07, 6.45) is -3.93. The van der Waals surface area contributed by atoms with Crippen molar-refractivity contribution in [1.29, 1.82) is 0 Å². The molecular formula is C21H18ClF3N4O. The molecule has 0 fully saturated rings. The van der Waals surface area contributed by atoms with Crippen LogP contribution in [-0.2, 0) is 12.7 Å². The molecule has 0 saturated heterocycles. The van der Waals surface area contributed by atoms with Gasteiger partial charge in [0, 0.05) is 30.0 Å². The molecule has 3 rings (SSSR count). The number of carbonyl (C=O) groups excluding carboxylic acids is 1. The quantitative estimate of drug-likeness (QED) is 0.552. The Bertz CT molecular complexity index is 1030. The molecule has 0 spiro atoms. The molecule has 1 heterocycles. The van der Waals surface area contributed by atoms with Crippen LogP contribution in [-0.4, -0.2) is 27.3 Å². The Kier molecular flexibility index (Phi) is 6.56. The first-order valence-corrected chi connectivity index (χ1v) is 9.45. The maximum absolute atomic E-state index is 13.7. The zero-order chi connectivity index (χ0) is 21.7. The number of alkyl halides is 3. The molecule has 1 aromatic heterocycles. The van der Waals surface area contributed by atoms with Crippen molar-refractivity contribution in [1.82, 2.24) is 14.9 Å². The van der Waals surface area contributed by atoms with Crippen LogP contribution in [0.2, 0.25) is 5.02 Å². The van der Waals surface area contributed by atoms with Gasteiger partial charge >= 0.3 is 6.18 Å². The van der Waals surface area contributed by atoms with Gasteiger partial charge in [-0.3, -0.25) is 4.79 Å². The van der Waals surface area contributed by atoms with Gasteiger partial charge in [0.05, 0.1) is 5.56 Å². The normalized spacial score (nSPS) is 11.2. The third-order valence-corrected chi connectivity index (χ3v) is 4.49. The Hall–Kier alpha value is -3.13. The second-order valence-electron chi connectivity index (χ2n) is 6.39. The standard InChI is InChI=1S/C21H18ClF3N4O/c1-2-29(13-14-7-4-3-5-8-14)19(30)17-12-26-20(28-18(17)21(23,24)25)27-16-10-6-9-15(22)11-16/h3-12H,2,13H2,1H3,(H,26,27,28). The van der Waals surface area contributed by atoms with Crippen molar-refractivity contribution in [3.8, 4) is 0 Å². The number of hydrogen-bond donors (Lipinski definition) is 1. The van der Waals surface area contributed by atoms with E-state index in [1.54, 1.807) is 49.4 Å². The summed E-state index contributed by atoms with van der Waals surface area (Å²) in [5.74, 6) is -1.07. The maximum Gasteiger partial charge on any atom is 0.434 e. The molecule has 0 atom stereocenters. The molecule has 30 heavy (non-hydrogen) atoms. The molecule has 2 aromatic carbocycles. The number of nitrogens with one attached hydrogen (secondary N) is 1. The van der Waals surface area contributed by atoms with Crippen LogP contribution >= 0.6 is 11.6 Å². The molecule has 9 heteroatoms. The number of carbonyl (C=O) groups is 1. The molecule has 0 aliphatic carbocycles. The SMILES string of the molecule is CCN(Cc1ccccc1)C(=O)c1cnc(Nc2cccc(Cl)c2)nc1C(F)(F)F. The largest absolute Gasteiger partial charge is 0.434 e. The number of rotatable bonds is 6. The number of aromatic nitrogens is 2. The minimum absolute atomic E-state index is 0.177. The summed E-state index contributed by atoms with van der Waals surface area (Å²) >= 11 is 5.89. The molecule has 5 nitrogen and oxygen atoms in total. The van der Waals surface area contributed by atoms with Gasteiger partial charge in [0.25, 0.3) is 5.91 Å². The van der Waals surface area contributed by atoms with E-state index in [0.717, 1.165) is 11.8 Å². The van der Waals surface area contributed by atoms with Gasteiger partial charge < -0.3 is 10.2 Å². The molecule has 3 aromatic rings. The van der Waals surface area contributed by atoms with Gasteiger partial charge in [-0.05, 0) is 30.7 Å². The van der Waals surface area contributed by atoms with Gasteiger partial charge in [0.2, 0.25) is 5.95 Å². The van der Waals surface area contributed by atoms with Crippen LogP contribution in [0, 0.1) is 0 Å². The van der Waals surface area contributed by atoms with Gasteiger partial charge in [-0.2, -0.15) is 13.2 Å². The average molecular weight is 435 g/mol. The van der Waals surface area contributed by atoms with Crippen LogP contribution in [0.4, 0.5) is 24.8 Å². The topological polar surface area (TPSA) is 58.1 Å². The highest BCUT2D eigenvalue weighted by atomic mass is 35.5. The van der Waals surface area contributed by atoms with Crippen molar-refractivity contribution in [3.05, 3.63) is 82.6 Å². The zero-order valence-corrected chi connectivity index (χ0v) is 16.7. The van der Waals surface area contributed by atoms with E-state index in [1.165, 1.54) is 11.0 Å². The molecule has 0 aliphatic heterocycles. The fraction of sp³-hybridized carbons (Fsp3) is 0.190. The summed E-state index contributed by atoms with van der Waals surface area (Å²) in [5, 5.41) is 3.08. The third-order valence-electron chi connectivity index (χ3n) is 4.25. The lowest BCUT2D eigenvalue weighted by molar-refractivity contribution is -0.141. The summed E-state index contributed by atoms with van der Waals surface area (Å²) in [4.78, 5) is 21.7. The van der Waals surface area contributed by atoms with Crippen LogP contribution in [0.5, 0.6) is 0 Å². The number of nitrogens with zero attached hydrogens (tertiary/aromatic N) is 3. The van der Waals surface area contributed by atoms with Crippen molar-refractivity contribution < 1.29 is 18.0 Å². The fourth-order valence-corrected chi connectivity index (χ4v) is 3.00. The predicted molar refractivity (Wildman–Crippen MR) is 109 cm³/mol. The van der Waals surface area contributed by atoms with Crippen LogP contribution in [0.15, 0.2) is 60.8 Å². The van der Waals surface area contributed by atoms with E-state index in [-0.39, 0.29) is 19.0 Å². The number of hydrogen-bond acceptors (Lipinski definition) is 4. The minimum atomic E-state index is -4.83. The number of halogens is 4. The van der Waals surface area contributed by atoms with E-state index in [4.69, 9.17) is 11.6 Å². The highest BCUT2D eigenvalue weighted by molar-refractivity contribution is 6.30. The predicted octanol–water partition coefficient (Wildman–Crippen LogP) is 5.55. The first-order chi connectivity index (χ1) is 14.3. The van der Waals surface area contributed by atoms with Gasteiger partial charge in [0.15, 0.2) is 5.69 Å². The lowest BCUT2D eigenvalue weighted by Crippen LogP contribution is -2.32. The molecule has 0 radical (unpaired) electrons. The highest BCUT2D eigenvalue weighted by Gasteiger charge is 2.39. The molecule has 0 aliphatic rings. The van der Waals surface area contributed by atoms with E-state index in [0.29, 0.717) is 10.7 Å². The summed E-state index contributed by atoms with van der Waals surface area (Å²) in [6.45, 7) is 2.10. The Morgan fingerprint density at radius 1 is 1.13 bits per heavy atom. The van der Waals surface area contributed by atoms with Gasteiger partial charge in [-0.1, -0.05) is 48.0 Å². The first kappa shape index (κ1) is 21.6. The molecule has 1 amide bonds. The second-order valence-corrected chi connectivity index (χ2v) is 6.83. The van der Waals surface area contributed by atoms with Gasteiger partial charge in [-0.25, -0.2) is 9.97 Å². The van der Waals surface area contributed by atoms with Crippen LogP contribution in [0.25, 0.3) is 0 Å². The average Bonchev–Trinajstić information content (AvgIpc) is 2.71. The van der Waals surface area contributed by atoms with Crippen molar-refractivity contribution in [3.63, 3.8) is 0 Å². The minimum Gasteiger partial charge on any atom is -0.334 e. The van der Waals surface area contributed by atoms with Crippen LogP contribution < -0.4 is 5.32 Å². The Labute approximate surface area is 176 Å². The summed E-state index contributed by atoms with van der Waals surface area (Å²) in [7, 11) is 0. The Morgan fingerprint density at radius 2 is 1.87 bits per heavy atom. The first-order valence-electron chi connectivity index (χ1n) is 9.08. The highest BCUT2D eigenvalue weighted by Crippen LogP contribution is 2.32. The third kappa shape index (κ3) is 5.27. The zero-order valence-electron chi connectivity index (χ0n) is 15.9. The van der Waals surface area contributed by atoms with E-state index in [9.17, 15) is 18.0 Å². The van der Waals surface area contributed by atoms with Crippen molar-refractivity contribution in [2.75, 3.05) is 11.9 Å². The molecule has 0 unspecified atom stereocenters. The van der Waals surface area contributed by atoms with E-state index >= 15 is 0 Å². The molecule has 1 N–H and O–H groups in total. The van der Waals surface area contributed by atoms with E-state index in [2.05, 4.69) is 15.3 Å². The monoisotopic (exact) mass is 434 g/mol. The molecule has 0 saturated carbocycles. The van der Waals surface area contributed by atoms with Gasteiger partial charge in [0.1, 0.15) is 0 Å². The Morgan fingerprint density at radius 3 is 2.50 bits per heavy atom. The summed E-state index contributed by atoms with van der Waals surface area (Å²) in [5.41, 5.74) is -0.661. The molecule has 0 bridgehead atoms. The molecular weight excluding hydrogens is 417 g/mol. The van der Waals surface area contributed by atoms with Crippen molar-refractivity contribution in [2.45, 2.75) is 19.6 Å². The van der Waals surface area contributed by atoms with Gasteiger partial charge in [-0.15, -0.1) is 0 Å². The maximum atomic E-state index is 13.7. The number of benzene rings is 2. The summed E-state index contributed by atoms with van der Waals surface area (Å²) < 4.78 is 41.0. The Balaban J connectivity index is 1.92. The fourth-order valence-electron chi connectivity index (χ4n) is 2.81. The number of amides is 1. The lowest BCUT2D eigenvalue weighted by atomic mass is 10.1. The van der Waals surface area contributed by atoms with Crippen LogP contribution in [0.1, 0.15) is 28.5 Å². The van der Waals surface area contributed by atoms with Crippen LogP contribution in [0.3, 0.4) is 0 Å². The number of anilines is 2. The lowest BCUT2D eigenvalue weighted by Gasteiger charge is -2.22. The summed E-state index contributed by atoms with van der Waals surface area (Å²) in [6, 6.07) is 15.4. The smallest absolute Gasteiger partial charge is 0.334 e. The second kappa shape index (κ2) is 9.13. The van der Waals surface area contributed by atoms with Crippen molar-refractivity contribution in [2.24, 2.45) is 0 Å². The van der Waals surface area contributed by atoms with E-state index in [1.807, 2.05) is 6.07 Å². The molecule has 156 valence electrons. The van der Waals surface area contributed by atoms with E-state index < -0.39 is 23.3 Å². The van der Waals surface area contributed by atoms with Crippen molar-refractivity contribution >= 4 is 29.1 Å².